The van der Waals surface area contributed by atoms with Gasteiger partial charge in [0, 0.05) is 18.1 Å². The summed E-state index contributed by atoms with van der Waals surface area (Å²) in [6.07, 6.45) is 7.32. The molecule has 1 aliphatic heterocycles. The van der Waals surface area contributed by atoms with Gasteiger partial charge in [0.25, 0.3) is 0 Å². The third-order valence-electron chi connectivity index (χ3n) is 4.14. The number of nitrogens with one attached hydrogen (secondary N) is 1. The number of carbonyl (C=O) groups excluding carboxylic acids is 1. The minimum atomic E-state index is 0.115. The zero-order valence-corrected chi connectivity index (χ0v) is 9.46. The van der Waals surface area contributed by atoms with Crippen LogP contribution in [0.3, 0.4) is 0 Å². The van der Waals surface area contributed by atoms with Crippen molar-refractivity contribution in [1.82, 2.24) is 10.2 Å². The summed E-state index contributed by atoms with van der Waals surface area (Å²) in [6.45, 7) is 4.49. The second kappa shape index (κ2) is 3.97. The second-order valence-electron chi connectivity index (χ2n) is 4.73. The van der Waals surface area contributed by atoms with Gasteiger partial charge in [-0.15, -0.1) is 0 Å². The first kappa shape index (κ1) is 10.7. The molecule has 0 aromatic carbocycles. The van der Waals surface area contributed by atoms with Gasteiger partial charge < -0.3 is 10.2 Å². The van der Waals surface area contributed by atoms with E-state index in [1.54, 1.807) is 0 Å². The predicted octanol–water partition coefficient (Wildman–Crippen LogP) is 1.31. The Labute approximate surface area is 91.5 Å². The molecule has 1 saturated carbocycles. The summed E-state index contributed by atoms with van der Waals surface area (Å²) in [5.41, 5.74) is 0.193. The molecule has 1 aliphatic carbocycles. The largest absolute Gasteiger partial charge is 0.333 e. The molecule has 0 bridgehead atoms. The smallest absolute Gasteiger partial charge is 0.246 e. The minimum absolute atomic E-state index is 0.115. The Hall–Kier alpha value is -0.830. The molecule has 1 saturated heterocycles. The van der Waals surface area contributed by atoms with Crippen LogP contribution in [-0.4, -0.2) is 36.0 Å². The molecule has 15 heavy (non-hydrogen) atoms. The van der Waals surface area contributed by atoms with Crippen molar-refractivity contribution in [3.63, 3.8) is 0 Å². The summed E-state index contributed by atoms with van der Waals surface area (Å²) in [5.74, 6) is 0.115. The average Bonchev–Trinajstić information content (AvgIpc) is 2.27. The van der Waals surface area contributed by atoms with E-state index in [1.807, 2.05) is 11.9 Å². The fourth-order valence-electron chi connectivity index (χ4n) is 2.96. The molecule has 84 valence electrons. The van der Waals surface area contributed by atoms with E-state index in [2.05, 4.69) is 11.9 Å². The molecule has 0 radical (unpaired) electrons. The molecule has 1 spiro atoms. The van der Waals surface area contributed by atoms with E-state index in [-0.39, 0.29) is 11.4 Å². The van der Waals surface area contributed by atoms with Gasteiger partial charge in [0.2, 0.25) is 5.91 Å². The van der Waals surface area contributed by atoms with E-state index >= 15 is 0 Å². The van der Waals surface area contributed by atoms with E-state index in [0.717, 1.165) is 19.4 Å². The van der Waals surface area contributed by atoms with Crippen molar-refractivity contribution in [2.24, 2.45) is 0 Å². The maximum atomic E-state index is 11.6. The van der Waals surface area contributed by atoms with E-state index in [1.165, 1.54) is 25.3 Å². The molecule has 0 aromatic rings. The lowest BCUT2D eigenvalue weighted by molar-refractivity contribution is -0.145. The topological polar surface area (TPSA) is 32.3 Å². The van der Waals surface area contributed by atoms with Gasteiger partial charge >= 0.3 is 0 Å². The van der Waals surface area contributed by atoms with Crippen LogP contribution in [0.1, 0.15) is 32.1 Å². The SMILES string of the molecule is C=CC(=O)N1CCC12CCC(NC)CC2. The Kier molecular flexibility index (Phi) is 2.83. The van der Waals surface area contributed by atoms with Crippen molar-refractivity contribution in [1.29, 1.82) is 0 Å². The lowest BCUT2D eigenvalue weighted by atomic mass is 9.71. The number of nitrogens with zero attached hydrogens (tertiary/aromatic N) is 1. The summed E-state index contributed by atoms with van der Waals surface area (Å²) in [7, 11) is 2.02. The monoisotopic (exact) mass is 208 g/mol. The Morgan fingerprint density at radius 2 is 2.13 bits per heavy atom. The van der Waals surface area contributed by atoms with Crippen LogP contribution in [-0.2, 0) is 4.79 Å². The molecule has 0 atom stereocenters. The van der Waals surface area contributed by atoms with Crippen molar-refractivity contribution in [3.05, 3.63) is 12.7 Å². The van der Waals surface area contributed by atoms with E-state index in [4.69, 9.17) is 0 Å². The fourth-order valence-corrected chi connectivity index (χ4v) is 2.96. The summed E-state index contributed by atoms with van der Waals surface area (Å²) >= 11 is 0. The molecule has 0 unspecified atom stereocenters. The van der Waals surface area contributed by atoms with Crippen LogP contribution < -0.4 is 5.32 Å². The lowest BCUT2D eigenvalue weighted by Crippen LogP contribution is -2.63. The normalized spacial score (nSPS) is 35.0. The van der Waals surface area contributed by atoms with Crippen LogP contribution in [0, 0.1) is 0 Å². The summed E-state index contributed by atoms with van der Waals surface area (Å²) in [4.78, 5) is 13.6. The molecular weight excluding hydrogens is 188 g/mol. The van der Waals surface area contributed by atoms with Crippen LogP contribution in [0.2, 0.25) is 0 Å². The summed E-state index contributed by atoms with van der Waals surface area (Å²) in [5, 5.41) is 3.32. The van der Waals surface area contributed by atoms with Crippen LogP contribution in [0.25, 0.3) is 0 Å². The van der Waals surface area contributed by atoms with Gasteiger partial charge in [-0.05, 0) is 45.2 Å². The molecule has 1 heterocycles. The van der Waals surface area contributed by atoms with Crippen LogP contribution >= 0.6 is 0 Å². The highest BCUT2D eigenvalue weighted by Gasteiger charge is 2.47. The van der Waals surface area contributed by atoms with Gasteiger partial charge in [-0.3, -0.25) is 4.79 Å². The fraction of sp³-hybridized carbons (Fsp3) is 0.750. The van der Waals surface area contributed by atoms with E-state index < -0.39 is 0 Å². The molecule has 1 amide bonds. The van der Waals surface area contributed by atoms with Gasteiger partial charge in [-0.25, -0.2) is 0 Å². The highest BCUT2D eigenvalue weighted by molar-refractivity contribution is 5.88. The second-order valence-corrected chi connectivity index (χ2v) is 4.73. The van der Waals surface area contributed by atoms with Gasteiger partial charge in [0.1, 0.15) is 0 Å². The van der Waals surface area contributed by atoms with Crippen molar-refractivity contribution in [2.45, 2.75) is 43.7 Å². The highest BCUT2D eigenvalue weighted by Crippen LogP contribution is 2.43. The van der Waals surface area contributed by atoms with Crippen molar-refractivity contribution in [3.8, 4) is 0 Å². The van der Waals surface area contributed by atoms with Gasteiger partial charge in [-0.2, -0.15) is 0 Å². The maximum absolute atomic E-state index is 11.6. The van der Waals surface area contributed by atoms with Crippen molar-refractivity contribution >= 4 is 5.91 Å². The third-order valence-corrected chi connectivity index (χ3v) is 4.14. The number of hydrogen-bond donors (Lipinski definition) is 1. The zero-order valence-electron chi connectivity index (χ0n) is 9.46. The quantitative estimate of drug-likeness (QED) is 0.694. The first-order chi connectivity index (χ1) is 7.22. The van der Waals surface area contributed by atoms with Crippen LogP contribution in [0.4, 0.5) is 0 Å². The summed E-state index contributed by atoms with van der Waals surface area (Å²) < 4.78 is 0. The number of hydrogen-bond acceptors (Lipinski definition) is 2. The molecule has 2 rings (SSSR count). The maximum Gasteiger partial charge on any atom is 0.246 e. The van der Waals surface area contributed by atoms with Gasteiger partial charge in [0.15, 0.2) is 0 Å². The molecule has 2 fully saturated rings. The Morgan fingerprint density at radius 3 is 2.53 bits per heavy atom. The first-order valence-corrected chi connectivity index (χ1v) is 5.83. The van der Waals surface area contributed by atoms with Crippen LogP contribution in [0.15, 0.2) is 12.7 Å². The molecular formula is C12H20N2O. The zero-order chi connectivity index (χ0) is 10.9. The lowest BCUT2D eigenvalue weighted by Gasteiger charge is -2.55. The van der Waals surface area contributed by atoms with Crippen LogP contribution in [0.5, 0.6) is 0 Å². The van der Waals surface area contributed by atoms with E-state index in [9.17, 15) is 4.79 Å². The highest BCUT2D eigenvalue weighted by atomic mass is 16.2. The predicted molar refractivity (Wildman–Crippen MR) is 60.6 cm³/mol. The molecule has 3 nitrogen and oxygen atoms in total. The average molecular weight is 208 g/mol. The Morgan fingerprint density at radius 1 is 1.47 bits per heavy atom. The first-order valence-electron chi connectivity index (χ1n) is 5.83. The molecule has 3 heteroatoms. The Bertz CT molecular complexity index is 267. The van der Waals surface area contributed by atoms with E-state index in [0.29, 0.717) is 6.04 Å². The standard InChI is InChI=1S/C12H20N2O/c1-3-11(15)14-9-8-12(14)6-4-10(13-2)5-7-12/h3,10,13H,1,4-9H2,2H3. The Balaban J connectivity index is 1.98. The number of likely N-dealkylation sites (tertiary alicyclic amines) is 1. The van der Waals surface area contributed by atoms with Gasteiger partial charge in [-0.1, -0.05) is 6.58 Å². The number of amides is 1. The number of rotatable bonds is 2. The summed E-state index contributed by atoms with van der Waals surface area (Å²) in [6, 6.07) is 0.650. The minimum Gasteiger partial charge on any atom is -0.333 e. The third kappa shape index (κ3) is 1.69. The van der Waals surface area contributed by atoms with Crippen molar-refractivity contribution in [2.75, 3.05) is 13.6 Å². The molecule has 0 aromatic heterocycles. The number of carbonyl (C=O) groups is 1. The molecule has 1 N–H and O–H groups in total. The molecule has 2 aliphatic rings. The van der Waals surface area contributed by atoms with Crippen molar-refractivity contribution < 1.29 is 4.79 Å². The van der Waals surface area contributed by atoms with Gasteiger partial charge in [0.05, 0.1) is 0 Å².